The summed E-state index contributed by atoms with van der Waals surface area (Å²) in [7, 11) is -3.63. The molecule has 0 bridgehead atoms. The van der Waals surface area contributed by atoms with E-state index in [9.17, 15) is 8.42 Å². The first-order chi connectivity index (χ1) is 8.00. The number of hydrogen-bond donors (Lipinski definition) is 1. The van der Waals surface area contributed by atoms with Crippen LogP contribution in [-0.2, 0) is 14.8 Å². The highest BCUT2D eigenvalue weighted by atomic mass is 35.5. The van der Waals surface area contributed by atoms with Crippen LogP contribution in [0.1, 0.15) is 13.3 Å². The first-order valence-corrected chi connectivity index (χ1v) is 7.11. The maximum Gasteiger partial charge on any atom is 0.243 e. The highest BCUT2D eigenvalue weighted by molar-refractivity contribution is 7.89. The molecule has 5 nitrogen and oxygen atoms in total. The molecule has 0 saturated carbocycles. The van der Waals surface area contributed by atoms with Gasteiger partial charge in [0.05, 0.1) is 12.1 Å². The molecule has 1 aliphatic heterocycles. The maximum absolute atomic E-state index is 12.1. The molecule has 0 amide bonds. The summed E-state index contributed by atoms with van der Waals surface area (Å²) in [5.74, 6) is 0. The first-order valence-electron chi connectivity index (χ1n) is 5.25. The van der Waals surface area contributed by atoms with Gasteiger partial charge in [0.25, 0.3) is 0 Å². The number of ether oxygens (including phenoxy) is 1. The van der Waals surface area contributed by atoms with E-state index in [1.165, 1.54) is 18.3 Å². The first kappa shape index (κ1) is 12.8. The quantitative estimate of drug-likeness (QED) is 0.842. The van der Waals surface area contributed by atoms with Gasteiger partial charge in [0, 0.05) is 12.8 Å². The number of rotatable bonds is 3. The van der Waals surface area contributed by atoms with E-state index in [0.717, 1.165) is 0 Å². The Balaban J connectivity index is 2.22. The van der Waals surface area contributed by atoms with Gasteiger partial charge in [0.2, 0.25) is 10.0 Å². The molecular formula is C10H13ClN2O3S. The number of hydrogen-bond acceptors (Lipinski definition) is 4. The van der Waals surface area contributed by atoms with E-state index in [4.69, 9.17) is 16.3 Å². The molecule has 0 aromatic carbocycles. The van der Waals surface area contributed by atoms with Gasteiger partial charge in [-0.2, -0.15) is 0 Å². The van der Waals surface area contributed by atoms with Crippen LogP contribution in [0.3, 0.4) is 0 Å². The van der Waals surface area contributed by atoms with Crippen LogP contribution in [0.4, 0.5) is 0 Å². The van der Waals surface area contributed by atoms with Crippen LogP contribution in [0, 0.1) is 0 Å². The fraction of sp³-hybridized carbons (Fsp3) is 0.500. The van der Waals surface area contributed by atoms with E-state index in [1.54, 1.807) is 0 Å². The Morgan fingerprint density at radius 2 is 2.35 bits per heavy atom. The summed E-state index contributed by atoms with van der Waals surface area (Å²) in [5.41, 5.74) is 0. The Labute approximate surface area is 105 Å². The third-order valence-electron chi connectivity index (χ3n) is 2.70. The average Bonchev–Trinajstić information content (AvgIpc) is 2.64. The number of halogens is 1. The zero-order valence-corrected chi connectivity index (χ0v) is 10.8. The summed E-state index contributed by atoms with van der Waals surface area (Å²) >= 11 is 5.77. The number of nitrogens with zero attached hydrogens (tertiary/aromatic N) is 1. The molecule has 1 fully saturated rings. The SMILES string of the molecule is CC1OCCC1NS(=O)(=O)c1cccnc1Cl. The molecule has 0 spiro atoms. The number of sulfonamides is 1. The van der Waals surface area contributed by atoms with Crippen molar-refractivity contribution in [2.24, 2.45) is 0 Å². The molecule has 2 heterocycles. The number of nitrogens with one attached hydrogen (secondary N) is 1. The van der Waals surface area contributed by atoms with Gasteiger partial charge in [-0.3, -0.25) is 0 Å². The summed E-state index contributed by atoms with van der Waals surface area (Å²) in [4.78, 5) is 3.75. The molecular weight excluding hydrogens is 264 g/mol. The Hall–Kier alpha value is -0.690. The molecule has 0 aliphatic carbocycles. The molecule has 2 atom stereocenters. The lowest BCUT2D eigenvalue weighted by Gasteiger charge is -2.16. The van der Waals surface area contributed by atoms with Crippen LogP contribution < -0.4 is 4.72 Å². The van der Waals surface area contributed by atoms with Crippen molar-refractivity contribution in [1.82, 2.24) is 9.71 Å². The zero-order chi connectivity index (χ0) is 12.5. The molecule has 1 aromatic rings. The monoisotopic (exact) mass is 276 g/mol. The highest BCUT2D eigenvalue weighted by Crippen LogP contribution is 2.20. The molecule has 7 heteroatoms. The highest BCUT2D eigenvalue weighted by Gasteiger charge is 2.30. The minimum Gasteiger partial charge on any atom is -0.377 e. The average molecular weight is 277 g/mol. The molecule has 2 unspecified atom stereocenters. The summed E-state index contributed by atoms with van der Waals surface area (Å²) in [6.45, 7) is 2.40. The van der Waals surface area contributed by atoms with Gasteiger partial charge in [-0.05, 0) is 25.5 Å². The van der Waals surface area contributed by atoms with Gasteiger partial charge in [-0.1, -0.05) is 11.6 Å². The van der Waals surface area contributed by atoms with Crippen LogP contribution >= 0.6 is 11.6 Å². The van der Waals surface area contributed by atoms with E-state index < -0.39 is 10.0 Å². The second-order valence-corrected chi connectivity index (χ2v) is 5.93. The fourth-order valence-corrected chi connectivity index (χ4v) is 3.51. The summed E-state index contributed by atoms with van der Waals surface area (Å²) in [6.07, 6.45) is 1.99. The third-order valence-corrected chi connectivity index (χ3v) is 4.63. The number of aromatic nitrogens is 1. The van der Waals surface area contributed by atoms with E-state index in [-0.39, 0.29) is 22.2 Å². The van der Waals surface area contributed by atoms with Crippen LogP contribution in [0.15, 0.2) is 23.2 Å². The summed E-state index contributed by atoms with van der Waals surface area (Å²) in [6, 6.07) is 2.75. The Morgan fingerprint density at radius 1 is 1.59 bits per heavy atom. The van der Waals surface area contributed by atoms with Crippen molar-refractivity contribution < 1.29 is 13.2 Å². The predicted octanol–water partition coefficient (Wildman–Crippen LogP) is 1.19. The van der Waals surface area contributed by atoms with Crippen molar-refractivity contribution in [3.05, 3.63) is 23.5 Å². The second kappa shape index (κ2) is 4.89. The van der Waals surface area contributed by atoms with Crippen LogP contribution in [0.5, 0.6) is 0 Å². The lowest BCUT2D eigenvalue weighted by molar-refractivity contribution is 0.117. The minimum atomic E-state index is -3.63. The van der Waals surface area contributed by atoms with E-state index in [1.807, 2.05) is 6.92 Å². The smallest absolute Gasteiger partial charge is 0.243 e. The maximum atomic E-state index is 12.1. The Kier molecular flexibility index (Phi) is 3.67. The second-order valence-electron chi connectivity index (χ2n) is 3.88. The summed E-state index contributed by atoms with van der Waals surface area (Å²) in [5, 5.41) is -0.0217. The predicted molar refractivity (Wildman–Crippen MR) is 63.4 cm³/mol. The lowest BCUT2D eigenvalue weighted by Crippen LogP contribution is -2.39. The fourth-order valence-electron chi connectivity index (χ4n) is 1.72. The van der Waals surface area contributed by atoms with Gasteiger partial charge < -0.3 is 4.74 Å². The van der Waals surface area contributed by atoms with Gasteiger partial charge >= 0.3 is 0 Å². The van der Waals surface area contributed by atoms with Crippen LogP contribution in [-0.4, -0.2) is 32.2 Å². The van der Waals surface area contributed by atoms with Gasteiger partial charge in [-0.15, -0.1) is 0 Å². The lowest BCUT2D eigenvalue weighted by atomic mass is 10.2. The molecule has 94 valence electrons. The molecule has 1 N–H and O–H groups in total. The molecule has 1 saturated heterocycles. The van der Waals surface area contributed by atoms with Crippen molar-refractivity contribution in [2.75, 3.05) is 6.61 Å². The molecule has 1 aromatic heterocycles. The van der Waals surface area contributed by atoms with Crippen molar-refractivity contribution >= 4 is 21.6 Å². The molecule has 17 heavy (non-hydrogen) atoms. The molecule has 2 rings (SSSR count). The van der Waals surface area contributed by atoms with Gasteiger partial charge in [0.15, 0.2) is 0 Å². The van der Waals surface area contributed by atoms with Crippen LogP contribution in [0.25, 0.3) is 0 Å². The van der Waals surface area contributed by atoms with E-state index in [2.05, 4.69) is 9.71 Å². The molecule has 0 radical (unpaired) electrons. The normalized spacial score (nSPS) is 25.1. The largest absolute Gasteiger partial charge is 0.377 e. The van der Waals surface area contributed by atoms with E-state index >= 15 is 0 Å². The van der Waals surface area contributed by atoms with E-state index in [0.29, 0.717) is 13.0 Å². The van der Waals surface area contributed by atoms with Crippen molar-refractivity contribution in [3.63, 3.8) is 0 Å². The van der Waals surface area contributed by atoms with Crippen molar-refractivity contribution in [2.45, 2.75) is 30.4 Å². The minimum absolute atomic E-state index is 0.000710. The van der Waals surface area contributed by atoms with Gasteiger partial charge in [-0.25, -0.2) is 18.1 Å². The third kappa shape index (κ3) is 2.77. The molecule has 1 aliphatic rings. The zero-order valence-electron chi connectivity index (χ0n) is 9.26. The van der Waals surface area contributed by atoms with Crippen LogP contribution in [0.2, 0.25) is 5.15 Å². The van der Waals surface area contributed by atoms with Crippen molar-refractivity contribution in [1.29, 1.82) is 0 Å². The Morgan fingerprint density at radius 3 is 2.94 bits per heavy atom. The van der Waals surface area contributed by atoms with Gasteiger partial charge in [0.1, 0.15) is 10.0 Å². The topological polar surface area (TPSA) is 68.3 Å². The Bertz CT molecular complexity index is 506. The number of pyridine rings is 1. The standard InChI is InChI=1S/C10H13ClN2O3S/c1-7-8(4-6-16-7)13-17(14,15)9-3-2-5-12-10(9)11/h2-3,5,7-8,13H,4,6H2,1H3. The summed E-state index contributed by atoms with van der Waals surface area (Å²) < 4.78 is 32.0. The van der Waals surface area contributed by atoms with Crippen molar-refractivity contribution in [3.8, 4) is 0 Å².